The van der Waals surface area contributed by atoms with Gasteiger partial charge in [-0.3, -0.25) is 0 Å². The van der Waals surface area contributed by atoms with Crippen LogP contribution in [-0.2, 0) is 14.8 Å². The average molecular weight is 355 g/mol. The monoisotopic (exact) mass is 355 g/mol. The van der Waals surface area contributed by atoms with E-state index in [1.807, 2.05) is 13.8 Å². The molecule has 0 unspecified atom stereocenters. The van der Waals surface area contributed by atoms with Gasteiger partial charge in [0, 0.05) is 31.0 Å². The van der Waals surface area contributed by atoms with Gasteiger partial charge in [-0.25, -0.2) is 8.42 Å². The summed E-state index contributed by atoms with van der Waals surface area (Å²) in [7, 11) is -2.20. The van der Waals surface area contributed by atoms with E-state index in [1.54, 1.807) is 12.1 Å². The maximum Gasteiger partial charge on any atom is 0.246 e. The van der Waals surface area contributed by atoms with Crippen molar-refractivity contribution in [3.8, 4) is 5.75 Å². The SMILES string of the molecule is COc1cc(C)c(C)cc1S(=O)(=O)N1C[C@@H]2COCC[C@]2(CO)C1. The Bertz CT molecular complexity index is 733. The molecule has 0 radical (unpaired) electrons. The van der Waals surface area contributed by atoms with E-state index in [1.165, 1.54) is 11.4 Å². The van der Waals surface area contributed by atoms with E-state index < -0.39 is 15.4 Å². The molecule has 2 atom stereocenters. The number of benzene rings is 1. The van der Waals surface area contributed by atoms with Gasteiger partial charge in [0.2, 0.25) is 10.0 Å². The van der Waals surface area contributed by atoms with Crippen molar-refractivity contribution in [2.75, 3.05) is 40.0 Å². The minimum Gasteiger partial charge on any atom is -0.495 e. The van der Waals surface area contributed by atoms with Crippen LogP contribution in [0.2, 0.25) is 0 Å². The van der Waals surface area contributed by atoms with E-state index in [9.17, 15) is 13.5 Å². The summed E-state index contributed by atoms with van der Waals surface area (Å²) in [6, 6.07) is 3.43. The van der Waals surface area contributed by atoms with E-state index in [0.717, 1.165) is 11.1 Å². The van der Waals surface area contributed by atoms with Gasteiger partial charge in [0.05, 0.1) is 20.3 Å². The number of aliphatic hydroxyl groups is 1. The van der Waals surface area contributed by atoms with Crippen molar-refractivity contribution in [2.24, 2.45) is 11.3 Å². The maximum absolute atomic E-state index is 13.2. The van der Waals surface area contributed by atoms with Gasteiger partial charge >= 0.3 is 0 Å². The van der Waals surface area contributed by atoms with Crippen LogP contribution in [-0.4, -0.2) is 57.8 Å². The van der Waals surface area contributed by atoms with Gasteiger partial charge in [0.1, 0.15) is 10.6 Å². The standard InChI is InChI=1S/C17H25NO5S/c1-12-6-15(22-3)16(7-13(12)2)24(20,21)18-8-14-9-23-5-4-17(14,10-18)11-19/h6-7,14,19H,4-5,8-11H2,1-3H3/t14-,17-/m1/s1. The van der Waals surface area contributed by atoms with Gasteiger partial charge in [0.15, 0.2) is 0 Å². The first kappa shape index (κ1) is 17.7. The normalized spacial score (nSPS) is 27.9. The van der Waals surface area contributed by atoms with Crippen molar-refractivity contribution < 1.29 is 23.0 Å². The molecule has 2 heterocycles. The summed E-state index contributed by atoms with van der Waals surface area (Å²) >= 11 is 0. The lowest BCUT2D eigenvalue weighted by atomic mass is 9.75. The predicted molar refractivity (Wildman–Crippen MR) is 89.7 cm³/mol. The highest BCUT2D eigenvalue weighted by molar-refractivity contribution is 7.89. The predicted octanol–water partition coefficient (Wildman–Crippen LogP) is 1.33. The Balaban J connectivity index is 1.99. The summed E-state index contributed by atoms with van der Waals surface area (Å²) in [6.45, 7) is 5.57. The zero-order valence-electron chi connectivity index (χ0n) is 14.4. The molecule has 0 saturated carbocycles. The van der Waals surface area contributed by atoms with Crippen molar-refractivity contribution in [1.82, 2.24) is 4.31 Å². The summed E-state index contributed by atoms with van der Waals surface area (Å²) < 4.78 is 38.7. The Hall–Kier alpha value is -1.15. The number of ether oxygens (including phenoxy) is 2. The Kier molecular flexibility index (Phi) is 4.63. The molecular weight excluding hydrogens is 330 g/mol. The minimum atomic E-state index is -3.69. The van der Waals surface area contributed by atoms with Crippen LogP contribution in [0.1, 0.15) is 17.5 Å². The summed E-state index contributed by atoms with van der Waals surface area (Å²) in [5.74, 6) is 0.394. The lowest BCUT2D eigenvalue weighted by molar-refractivity contribution is -0.0414. The summed E-state index contributed by atoms with van der Waals surface area (Å²) in [5.41, 5.74) is 1.51. The third kappa shape index (κ3) is 2.73. The number of nitrogens with zero attached hydrogens (tertiary/aromatic N) is 1. The maximum atomic E-state index is 13.2. The first-order valence-corrected chi connectivity index (χ1v) is 9.62. The molecule has 1 aromatic rings. The Labute approximate surface area is 143 Å². The van der Waals surface area contributed by atoms with E-state index >= 15 is 0 Å². The van der Waals surface area contributed by atoms with Gasteiger partial charge in [-0.15, -0.1) is 0 Å². The molecule has 0 aromatic heterocycles. The fourth-order valence-electron chi connectivity index (χ4n) is 3.70. The second-order valence-corrected chi connectivity index (χ2v) is 8.83. The van der Waals surface area contributed by atoms with Crippen LogP contribution in [0.3, 0.4) is 0 Å². The zero-order valence-corrected chi connectivity index (χ0v) is 15.2. The van der Waals surface area contributed by atoms with Gasteiger partial charge < -0.3 is 14.6 Å². The smallest absolute Gasteiger partial charge is 0.246 e. The molecule has 2 aliphatic heterocycles. The molecule has 134 valence electrons. The van der Waals surface area contributed by atoms with Crippen LogP contribution in [0.15, 0.2) is 17.0 Å². The fourth-order valence-corrected chi connectivity index (χ4v) is 5.51. The van der Waals surface area contributed by atoms with E-state index in [0.29, 0.717) is 38.5 Å². The van der Waals surface area contributed by atoms with Crippen molar-refractivity contribution in [2.45, 2.75) is 25.2 Å². The number of aryl methyl sites for hydroxylation is 2. The number of hydrogen-bond donors (Lipinski definition) is 1. The third-order valence-corrected chi connectivity index (χ3v) is 7.39. The van der Waals surface area contributed by atoms with Gasteiger partial charge in [-0.1, -0.05) is 0 Å². The van der Waals surface area contributed by atoms with Crippen molar-refractivity contribution in [3.63, 3.8) is 0 Å². The zero-order chi connectivity index (χ0) is 17.5. The molecule has 0 bridgehead atoms. The quantitative estimate of drug-likeness (QED) is 0.882. The minimum absolute atomic E-state index is 0.0168. The van der Waals surface area contributed by atoms with E-state index in [4.69, 9.17) is 9.47 Å². The molecule has 2 aliphatic rings. The van der Waals surface area contributed by atoms with Gasteiger partial charge in [-0.2, -0.15) is 4.31 Å². The highest BCUT2D eigenvalue weighted by atomic mass is 32.2. The third-order valence-electron chi connectivity index (χ3n) is 5.56. The number of aliphatic hydroxyl groups excluding tert-OH is 1. The lowest BCUT2D eigenvalue weighted by Gasteiger charge is -2.36. The van der Waals surface area contributed by atoms with Crippen LogP contribution in [0.25, 0.3) is 0 Å². The summed E-state index contributed by atoms with van der Waals surface area (Å²) in [5, 5.41) is 9.89. The Morgan fingerprint density at radius 2 is 2.08 bits per heavy atom. The second-order valence-electron chi connectivity index (χ2n) is 6.93. The van der Waals surface area contributed by atoms with Crippen molar-refractivity contribution in [1.29, 1.82) is 0 Å². The lowest BCUT2D eigenvalue weighted by Crippen LogP contribution is -2.41. The number of methoxy groups -OCH3 is 1. The van der Waals surface area contributed by atoms with E-state index in [2.05, 4.69) is 0 Å². The molecule has 24 heavy (non-hydrogen) atoms. The molecule has 2 saturated heterocycles. The topological polar surface area (TPSA) is 76.1 Å². The van der Waals surface area contributed by atoms with Crippen LogP contribution in [0, 0.1) is 25.2 Å². The largest absolute Gasteiger partial charge is 0.495 e. The van der Waals surface area contributed by atoms with E-state index in [-0.39, 0.29) is 17.4 Å². The molecule has 3 rings (SSSR count). The second kappa shape index (κ2) is 6.29. The summed E-state index contributed by atoms with van der Waals surface area (Å²) in [4.78, 5) is 0.195. The molecule has 1 N–H and O–H groups in total. The van der Waals surface area contributed by atoms with Crippen LogP contribution >= 0.6 is 0 Å². The number of fused-ring (bicyclic) bond motifs is 1. The van der Waals surface area contributed by atoms with Gasteiger partial charge in [-0.05, 0) is 43.5 Å². The number of sulfonamides is 1. The van der Waals surface area contributed by atoms with Gasteiger partial charge in [0.25, 0.3) is 0 Å². The van der Waals surface area contributed by atoms with Crippen molar-refractivity contribution >= 4 is 10.0 Å². The van der Waals surface area contributed by atoms with Crippen LogP contribution in [0.4, 0.5) is 0 Å². The average Bonchev–Trinajstić information content (AvgIpc) is 2.97. The van der Waals surface area contributed by atoms with Crippen molar-refractivity contribution in [3.05, 3.63) is 23.3 Å². The van der Waals surface area contributed by atoms with Crippen LogP contribution < -0.4 is 4.74 Å². The first-order chi connectivity index (χ1) is 11.3. The first-order valence-electron chi connectivity index (χ1n) is 8.18. The fraction of sp³-hybridized carbons (Fsp3) is 0.647. The molecule has 1 aromatic carbocycles. The highest BCUT2D eigenvalue weighted by Gasteiger charge is 2.51. The molecule has 7 heteroatoms. The molecule has 0 aliphatic carbocycles. The Morgan fingerprint density at radius 1 is 1.38 bits per heavy atom. The molecule has 2 fully saturated rings. The number of rotatable bonds is 4. The summed E-state index contributed by atoms with van der Waals surface area (Å²) in [6.07, 6.45) is 0.685. The molecular formula is C17H25NO5S. The van der Waals surface area contributed by atoms with Crippen LogP contribution in [0.5, 0.6) is 5.75 Å². The Morgan fingerprint density at radius 3 is 2.71 bits per heavy atom. The number of hydrogen-bond acceptors (Lipinski definition) is 5. The highest BCUT2D eigenvalue weighted by Crippen LogP contribution is 2.44. The molecule has 6 nitrogen and oxygen atoms in total. The molecule has 0 spiro atoms. The molecule has 0 amide bonds.